The molecule has 1 aromatic heterocycles. The van der Waals surface area contributed by atoms with Gasteiger partial charge in [0.15, 0.2) is 22.5 Å². The van der Waals surface area contributed by atoms with E-state index in [-0.39, 0.29) is 28.9 Å². The van der Waals surface area contributed by atoms with E-state index in [4.69, 9.17) is 25.8 Å². The Kier molecular flexibility index (Phi) is 9.18. The van der Waals surface area contributed by atoms with Crippen LogP contribution in [0.4, 0.5) is 0 Å². The van der Waals surface area contributed by atoms with Crippen LogP contribution in [0, 0.1) is 0 Å². The predicted molar refractivity (Wildman–Crippen MR) is 149 cm³/mol. The van der Waals surface area contributed by atoms with Gasteiger partial charge >= 0.3 is 5.97 Å². The number of amides is 1. The monoisotopic (exact) mass is 565 g/mol. The SMILES string of the molecule is COc1cc(/C=N/NC(=O)CSc2nnc(-c3ccccc3)n2-c2ccc(Cl)cc2)cc(OC)c1OC(C)=O. The smallest absolute Gasteiger partial charge is 0.308 e. The van der Waals surface area contributed by atoms with Crippen molar-refractivity contribution >= 4 is 41.5 Å². The second-order valence-electron chi connectivity index (χ2n) is 7.91. The molecule has 12 heteroatoms. The molecule has 0 unspecified atom stereocenters. The van der Waals surface area contributed by atoms with Gasteiger partial charge < -0.3 is 14.2 Å². The number of esters is 1. The highest BCUT2D eigenvalue weighted by molar-refractivity contribution is 7.99. The highest BCUT2D eigenvalue weighted by Crippen LogP contribution is 2.38. The van der Waals surface area contributed by atoms with E-state index in [0.29, 0.717) is 21.6 Å². The van der Waals surface area contributed by atoms with E-state index in [9.17, 15) is 9.59 Å². The molecule has 10 nitrogen and oxygen atoms in total. The number of thioether (sulfide) groups is 1. The van der Waals surface area contributed by atoms with E-state index >= 15 is 0 Å². The van der Waals surface area contributed by atoms with Gasteiger partial charge in [-0.15, -0.1) is 10.2 Å². The standard InChI is InChI=1S/C27H24ClN5O5S/c1-17(34)38-25-22(36-2)13-18(14-23(25)37-3)15-29-30-24(35)16-39-27-32-31-26(19-7-5-4-6-8-19)33(27)21-11-9-20(28)10-12-21/h4-15H,16H2,1-3H3,(H,30,35)/b29-15+. The summed E-state index contributed by atoms with van der Waals surface area (Å²) in [6.45, 7) is 1.28. The van der Waals surface area contributed by atoms with Crippen LogP contribution in [0.5, 0.6) is 17.2 Å². The first kappa shape index (κ1) is 27.7. The van der Waals surface area contributed by atoms with E-state index in [1.165, 1.54) is 39.1 Å². The second-order valence-corrected chi connectivity index (χ2v) is 9.29. The summed E-state index contributed by atoms with van der Waals surface area (Å²) in [5, 5.41) is 13.8. The Bertz CT molecular complexity index is 1470. The molecule has 39 heavy (non-hydrogen) atoms. The van der Waals surface area contributed by atoms with Crippen molar-refractivity contribution in [3.05, 3.63) is 77.3 Å². The van der Waals surface area contributed by atoms with Gasteiger partial charge in [-0.1, -0.05) is 53.7 Å². The molecule has 0 saturated heterocycles. The molecule has 0 aliphatic carbocycles. The first-order chi connectivity index (χ1) is 18.9. The zero-order chi connectivity index (χ0) is 27.8. The number of carbonyl (C=O) groups is 2. The number of hydrogen-bond donors (Lipinski definition) is 1. The summed E-state index contributed by atoms with van der Waals surface area (Å²) in [6, 6.07) is 20.1. The topological polar surface area (TPSA) is 117 Å². The van der Waals surface area contributed by atoms with E-state index in [1.54, 1.807) is 24.3 Å². The third kappa shape index (κ3) is 6.95. The van der Waals surface area contributed by atoms with E-state index in [0.717, 1.165) is 11.3 Å². The van der Waals surface area contributed by atoms with Gasteiger partial charge in [0, 0.05) is 28.8 Å². The maximum atomic E-state index is 12.6. The molecule has 0 fully saturated rings. The molecular formula is C27H24ClN5O5S. The van der Waals surface area contributed by atoms with Gasteiger partial charge in [-0.05, 0) is 36.4 Å². The van der Waals surface area contributed by atoms with Crippen molar-refractivity contribution in [2.75, 3.05) is 20.0 Å². The van der Waals surface area contributed by atoms with E-state index in [2.05, 4.69) is 20.7 Å². The molecule has 0 aliphatic heterocycles. The summed E-state index contributed by atoms with van der Waals surface area (Å²) in [5.74, 6) is 0.533. The number of rotatable bonds is 10. The lowest BCUT2D eigenvalue weighted by Crippen LogP contribution is -2.20. The minimum atomic E-state index is -0.513. The summed E-state index contributed by atoms with van der Waals surface area (Å²) in [7, 11) is 2.88. The summed E-state index contributed by atoms with van der Waals surface area (Å²) in [6.07, 6.45) is 1.43. The molecule has 0 radical (unpaired) electrons. The van der Waals surface area contributed by atoms with Crippen LogP contribution in [0.15, 0.2) is 77.0 Å². The third-order valence-corrected chi connectivity index (χ3v) is 6.40. The molecular weight excluding hydrogens is 542 g/mol. The Hall–Kier alpha value is -4.35. The summed E-state index contributed by atoms with van der Waals surface area (Å²) >= 11 is 7.30. The minimum absolute atomic E-state index is 0.0376. The van der Waals surface area contributed by atoms with E-state index < -0.39 is 5.97 Å². The average molecular weight is 566 g/mol. The number of nitrogens with zero attached hydrogens (tertiary/aromatic N) is 4. The molecule has 4 rings (SSSR count). The maximum Gasteiger partial charge on any atom is 0.308 e. The van der Waals surface area contributed by atoms with Crippen LogP contribution in [0.2, 0.25) is 5.02 Å². The highest BCUT2D eigenvalue weighted by Gasteiger charge is 2.18. The number of halogens is 1. The third-order valence-electron chi connectivity index (χ3n) is 5.21. The molecule has 1 N–H and O–H groups in total. The van der Waals surface area contributed by atoms with Crippen molar-refractivity contribution in [2.24, 2.45) is 5.10 Å². The summed E-state index contributed by atoms with van der Waals surface area (Å²) in [5.41, 5.74) is 4.74. The first-order valence-electron chi connectivity index (χ1n) is 11.6. The number of methoxy groups -OCH3 is 2. The highest BCUT2D eigenvalue weighted by atomic mass is 35.5. The van der Waals surface area contributed by atoms with Crippen molar-refractivity contribution in [1.82, 2.24) is 20.2 Å². The largest absolute Gasteiger partial charge is 0.493 e. The van der Waals surface area contributed by atoms with E-state index in [1.807, 2.05) is 47.0 Å². The fraction of sp³-hybridized carbons (Fsp3) is 0.148. The van der Waals surface area contributed by atoms with Crippen molar-refractivity contribution in [2.45, 2.75) is 12.1 Å². The molecule has 0 spiro atoms. The van der Waals surface area contributed by atoms with Crippen molar-refractivity contribution in [3.8, 4) is 34.3 Å². The zero-order valence-electron chi connectivity index (χ0n) is 21.3. The fourth-order valence-electron chi connectivity index (χ4n) is 3.52. The number of hydrogen-bond acceptors (Lipinski definition) is 9. The van der Waals surface area contributed by atoms with Gasteiger partial charge in [-0.25, -0.2) is 5.43 Å². The van der Waals surface area contributed by atoms with Gasteiger partial charge in [0.2, 0.25) is 5.75 Å². The number of aromatic nitrogens is 3. The Morgan fingerprint density at radius 3 is 2.31 bits per heavy atom. The molecule has 1 heterocycles. The summed E-state index contributed by atoms with van der Waals surface area (Å²) < 4.78 is 17.7. The quantitative estimate of drug-likeness (QED) is 0.0960. The van der Waals surface area contributed by atoms with Crippen LogP contribution in [0.3, 0.4) is 0 Å². The van der Waals surface area contributed by atoms with Gasteiger partial charge in [0.05, 0.1) is 26.2 Å². The predicted octanol–water partition coefficient (Wildman–Crippen LogP) is 4.77. The molecule has 0 atom stereocenters. The molecule has 1 amide bonds. The number of hydrazone groups is 1. The molecule has 0 aliphatic rings. The average Bonchev–Trinajstić information content (AvgIpc) is 3.37. The number of nitrogens with one attached hydrogen (secondary N) is 1. The first-order valence-corrected chi connectivity index (χ1v) is 12.9. The van der Waals surface area contributed by atoms with Gasteiger partial charge in [0.25, 0.3) is 5.91 Å². The van der Waals surface area contributed by atoms with Crippen LogP contribution in [0.25, 0.3) is 17.1 Å². The molecule has 4 aromatic rings. The molecule has 0 bridgehead atoms. The van der Waals surface area contributed by atoms with Crippen molar-refractivity contribution < 1.29 is 23.8 Å². The zero-order valence-corrected chi connectivity index (χ0v) is 22.8. The normalized spacial score (nSPS) is 10.9. The lowest BCUT2D eigenvalue weighted by molar-refractivity contribution is -0.132. The molecule has 200 valence electrons. The maximum absolute atomic E-state index is 12.6. The number of benzene rings is 3. The van der Waals surface area contributed by atoms with Crippen molar-refractivity contribution in [3.63, 3.8) is 0 Å². The Morgan fingerprint density at radius 1 is 1.03 bits per heavy atom. The van der Waals surface area contributed by atoms with Crippen molar-refractivity contribution in [1.29, 1.82) is 0 Å². The van der Waals surface area contributed by atoms with Crippen LogP contribution in [-0.2, 0) is 9.59 Å². The molecule has 3 aromatic carbocycles. The van der Waals surface area contributed by atoms with Gasteiger partial charge in [-0.3, -0.25) is 14.2 Å². The van der Waals surface area contributed by atoms with Crippen LogP contribution in [-0.4, -0.2) is 52.8 Å². The lowest BCUT2D eigenvalue weighted by Gasteiger charge is -2.13. The number of carbonyl (C=O) groups excluding carboxylic acids is 2. The summed E-state index contributed by atoms with van der Waals surface area (Å²) in [4.78, 5) is 24.0. The lowest BCUT2D eigenvalue weighted by atomic mass is 10.2. The van der Waals surface area contributed by atoms with Gasteiger partial charge in [0.1, 0.15) is 0 Å². The van der Waals surface area contributed by atoms with Gasteiger partial charge in [-0.2, -0.15) is 5.10 Å². The van der Waals surface area contributed by atoms with Crippen LogP contribution >= 0.6 is 23.4 Å². The Morgan fingerprint density at radius 2 is 1.69 bits per heavy atom. The van der Waals surface area contributed by atoms with Crippen LogP contribution in [0.1, 0.15) is 12.5 Å². The number of ether oxygens (including phenoxy) is 3. The Labute approximate surface area is 233 Å². The Balaban J connectivity index is 1.47. The fourth-order valence-corrected chi connectivity index (χ4v) is 4.39. The van der Waals surface area contributed by atoms with Crippen LogP contribution < -0.4 is 19.6 Å². The minimum Gasteiger partial charge on any atom is -0.493 e. The molecule has 0 saturated carbocycles. The second kappa shape index (κ2) is 12.9.